The molecule has 0 spiro atoms. The number of nitrogen functional groups attached to an aromatic ring is 1. The Balaban J connectivity index is 2.01. The van der Waals surface area contributed by atoms with E-state index in [2.05, 4.69) is 9.97 Å². The van der Waals surface area contributed by atoms with E-state index in [0.717, 1.165) is 5.39 Å². The normalized spacial score (nSPS) is 31.1. The zero-order valence-electron chi connectivity index (χ0n) is 10.5. The molecule has 102 valence electrons. The quantitative estimate of drug-likeness (QED) is 0.707. The minimum absolute atomic E-state index is 0.235. The van der Waals surface area contributed by atoms with Crippen molar-refractivity contribution in [2.75, 3.05) is 12.3 Å². The lowest BCUT2D eigenvalue weighted by Crippen LogP contribution is -2.39. The molecule has 0 unspecified atom stereocenters. The molecule has 7 nitrogen and oxygen atoms in total. The van der Waals surface area contributed by atoms with E-state index < -0.39 is 11.7 Å². The fourth-order valence-corrected chi connectivity index (χ4v) is 2.41. The highest BCUT2D eigenvalue weighted by atomic mass is 16.6. The highest BCUT2D eigenvalue weighted by Gasteiger charge is 2.44. The number of rotatable bonds is 2. The van der Waals surface area contributed by atoms with Gasteiger partial charge < -0.3 is 25.3 Å². The first-order valence-electron chi connectivity index (χ1n) is 6.09. The van der Waals surface area contributed by atoms with Crippen molar-refractivity contribution < 1.29 is 14.9 Å². The van der Waals surface area contributed by atoms with E-state index in [-0.39, 0.29) is 12.8 Å². The predicted octanol–water partition coefficient (Wildman–Crippen LogP) is 0.0443. The van der Waals surface area contributed by atoms with Crippen LogP contribution in [0.5, 0.6) is 0 Å². The summed E-state index contributed by atoms with van der Waals surface area (Å²) in [5.41, 5.74) is 5.49. The molecule has 7 heteroatoms. The first-order valence-corrected chi connectivity index (χ1v) is 6.09. The van der Waals surface area contributed by atoms with E-state index in [1.165, 1.54) is 6.33 Å². The molecule has 0 radical (unpaired) electrons. The van der Waals surface area contributed by atoms with Gasteiger partial charge in [-0.2, -0.15) is 0 Å². The number of anilines is 1. The van der Waals surface area contributed by atoms with E-state index in [1.54, 1.807) is 17.7 Å². The summed E-state index contributed by atoms with van der Waals surface area (Å²) in [4.78, 5) is 8.12. The van der Waals surface area contributed by atoms with Crippen molar-refractivity contribution >= 4 is 16.9 Å². The lowest BCUT2D eigenvalue weighted by Gasteiger charge is -2.25. The van der Waals surface area contributed by atoms with Gasteiger partial charge in [-0.3, -0.25) is 0 Å². The number of ether oxygens (including phenoxy) is 1. The molecule has 0 amide bonds. The van der Waals surface area contributed by atoms with Gasteiger partial charge in [0.05, 0.1) is 18.1 Å². The molecule has 4 N–H and O–H groups in total. The van der Waals surface area contributed by atoms with Crippen LogP contribution in [0.15, 0.2) is 18.6 Å². The third-order valence-corrected chi connectivity index (χ3v) is 3.70. The Labute approximate surface area is 109 Å². The molecule has 3 rings (SSSR count). The summed E-state index contributed by atoms with van der Waals surface area (Å²) in [5.74, 6) is 0.409. The van der Waals surface area contributed by atoms with E-state index in [1.807, 2.05) is 6.07 Å². The van der Waals surface area contributed by atoms with Gasteiger partial charge in [0.1, 0.15) is 29.6 Å². The summed E-state index contributed by atoms with van der Waals surface area (Å²) in [6.07, 6.45) is 2.49. The van der Waals surface area contributed by atoms with Gasteiger partial charge in [-0.15, -0.1) is 0 Å². The summed E-state index contributed by atoms with van der Waals surface area (Å²) in [6, 6.07) is 1.81. The van der Waals surface area contributed by atoms with Gasteiger partial charge in [0, 0.05) is 12.6 Å². The van der Waals surface area contributed by atoms with E-state index in [0.29, 0.717) is 17.9 Å². The second-order valence-corrected chi connectivity index (χ2v) is 5.01. The topological polar surface area (TPSA) is 106 Å². The number of hydrogen-bond donors (Lipinski definition) is 3. The Bertz CT molecular complexity index is 614. The van der Waals surface area contributed by atoms with Crippen LogP contribution in [0.2, 0.25) is 0 Å². The average Bonchev–Trinajstić information content (AvgIpc) is 2.94. The van der Waals surface area contributed by atoms with Gasteiger partial charge >= 0.3 is 0 Å². The Morgan fingerprint density at radius 3 is 3.05 bits per heavy atom. The van der Waals surface area contributed by atoms with Crippen molar-refractivity contribution in [3.63, 3.8) is 0 Å². The third-order valence-electron chi connectivity index (χ3n) is 3.70. The van der Waals surface area contributed by atoms with Crippen molar-refractivity contribution in [2.45, 2.75) is 31.3 Å². The molecule has 2 aromatic rings. The van der Waals surface area contributed by atoms with Crippen LogP contribution < -0.4 is 5.73 Å². The molecule has 19 heavy (non-hydrogen) atoms. The van der Waals surface area contributed by atoms with Crippen molar-refractivity contribution in [1.82, 2.24) is 14.5 Å². The van der Waals surface area contributed by atoms with Crippen LogP contribution in [-0.4, -0.2) is 43.1 Å². The van der Waals surface area contributed by atoms with Crippen molar-refractivity contribution in [1.29, 1.82) is 0 Å². The third kappa shape index (κ3) is 1.78. The highest BCUT2D eigenvalue weighted by Crippen LogP contribution is 2.37. The van der Waals surface area contributed by atoms with Crippen LogP contribution in [0.3, 0.4) is 0 Å². The van der Waals surface area contributed by atoms with Crippen molar-refractivity contribution in [2.24, 2.45) is 0 Å². The molecular formula is C12H16N4O3. The van der Waals surface area contributed by atoms with Gasteiger partial charge in [0.2, 0.25) is 0 Å². The average molecular weight is 264 g/mol. The van der Waals surface area contributed by atoms with Gasteiger partial charge in [-0.05, 0) is 13.0 Å². The van der Waals surface area contributed by atoms with Crippen LogP contribution in [0, 0.1) is 0 Å². The van der Waals surface area contributed by atoms with Crippen LogP contribution >= 0.6 is 0 Å². The summed E-state index contributed by atoms with van der Waals surface area (Å²) in [5, 5.41) is 20.1. The number of fused-ring (bicyclic) bond motifs is 1. The Kier molecular flexibility index (Phi) is 2.70. The monoisotopic (exact) mass is 264 g/mol. The molecule has 1 aliphatic heterocycles. The summed E-state index contributed by atoms with van der Waals surface area (Å²) >= 11 is 0. The summed E-state index contributed by atoms with van der Waals surface area (Å²) in [7, 11) is 0. The number of nitrogens with two attached hydrogens (primary N) is 1. The van der Waals surface area contributed by atoms with Gasteiger partial charge in [0.25, 0.3) is 0 Å². The maximum absolute atomic E-state index is 9.99. The minimum atomic E-state index is -0.945. The second-order valence-electron chi connectivity index (χ2n) is 5.01. The number of aromatic nitrogens is 3. The second kappa shape index (κ2) is 4.16. The lowest BCUT2D eigenvalue weighted by atomic mass is 10.0. The Hall–Kier alpha value is -1.70. The zero-order valence-corrected chi connectivity index (χ0v) is 10.5. The molecule has 2 aromatic heterocycles. The number of hydrogen-bond acceptors (Lipinski definition) is 6. The van der Waals surface area contributed by atoms with Crippen molar-refractivity contribution in [3.05, 3.63) is 18.6 Å². The van der Waals surface area contributed by atoms with Gasteiger partial charge in [0.15, 0.2) is 0 Å². The first kappa shape index (κ1) is 12.3. The standard InChI is InChI=1S/C12H16N4O3/c1-12(5-17)8(18)4-9(19-12)16-3-2-7-10(13)14-6-15-11(7)16/h2-3,6,8-9,17-18H,4-5H2,1H3,(H2,13,14,15)/t8-,9+,12+/m0/s1. The molecular weight excluding hydrogens is 248 g/mol. The smallest absolute Gasteiger partial charge is 0.147 e. The van der Waals surface area contributed by atoms with Gasteiger partial charge in [-0.1, -0.05) is 0 Å². The fourth-order valence-electron chi connectivity index (χ4n) is 2.41. The number of nitrogens with zero attached hydrogens (tertiary/aromatic N) is 3. The van der Waals surface area contributed by atoms with E-state index in [9.17, 15) is 10.2 Å². The maximum atomic E-state index is 9.99. The van der Waals surface area contributed by atoms with Crippen LogP contribution in [0.4, 0.5) is 5.82 Å². The van der Waals surface area contributed by atoms with Crippen LogP contribution in [0.25, 0.3) is 11.0 Å². The summed E-state index contributed by atoms with van der Waals surface area (Å²) in [6.45, 7) is 1.45. The first-order chi connectivity index (χ1) is 9.05. The lowest BCUT2D eigenvalue weighted by molar-refractivity contribution is -0.114. The fraction of sp³-hybridized carbons (Fsp3) is 0.500. The Morgan fingerprint density at radius 2 is 2.37 bits per heavy atom. The summed E-state index contributed by atoms with van der Waals surface area (Å²) < 4.78 is 7.57. The molecule has 0 aromatic carbocycles. The SMILES string of the molecule is C[C@]1(CO)O[C@@H](n2ccc3c(N)ncnc32)C[C@@H]1O. The minimum Gasteiger partial charge on any atom is -0.393 e. The van der Waals surface area contributed by atoms with E-state index >= 15 is 0 Å². The van der Waals surface area contributed by atoms with E-state index in [4.69, 9.17) is 10.5 Å². The number of aliphatic hydroxyl groups is 2. The molecule has 0 saturated carbocycles. The molecule has 3 heterocycles. The molecule has 0 aliphatic carbocycles. The van der Waals surface area contributed by atoms with Crippen molar-refractivity contribution in [3.8, 4) is 0 Å². The number of aliphatic hydroxyl groups excluding tert-OH is 2. The van der Waals surface area contributed by atoms with Crippen LogP contribution in [0.1, 0.15) is 19.6 Å². The maximum Gasteiger partial charge on any atom is 0.147 e. The molecule has 1 aliphatic rings. The molecule has 0 bridgehead atoms. The molecule has 1 fully saturated rings. The largest absolute Gasteiger partial charge is 0.393 e. The predicted molar refractivity (Wildman–Crippen MR) is 68.2 cm³/mol. The molecule has 1 saturated heterocycles. The van der Waals surface area contributed by atoms with Gasteiger partial charge in [-0.25, -0.2) is 9.97 Å². The zero-order chi connectivity index (χ0) is 13.6. The van der Waals surface area contributed by atoms with Crippen LogP contribution in [-0.2, 0) is 4.74 Å². The molecule has 3 atom stereocenters. The highest BCUT2D eigenvalue weighted by molar-refractivity contribution is 5.86. The Morgan fingerprint density at radius 1 is 1.58 bits per heavy atom.